The lowest BCUT2D eigenvalue weighted by Gasteiger charge is -2.26. The molecule has 0 amide bonds. The van der Waals surface area contributed by atoms with Crippen molar-refractivity contribution in [1.29, 1.82) is 5.26 Å². The number of benzene rings is 2. The maximum absolute atomic E-state index is 9.82. The van der Waals surface area contributed by atoms with Gasteiger partial charge in [0.1, 0.15) is 23.3 Å². The number of halogens is 1. The monoisotopic (exact) mass is 471 g/mol. The molecule has 8 heteroatoms. The van der Waals surface area contributed by atoms with E-state index in [-0.39, 0.29) is 17.9 Å². The zero-order valence-corrected chi connectivity index (χ0v) is 19.6. The van der Waals surface area contributed by atoms with Crippen LogP contribution in [0.3, 0.4) is 0 Å². The van der Waals surface area contributed by atoms with E-state index in [0.29, 0.717) is 29.2 Å². The van der Waals surface area contributed by atoms with E-state index >= 15 is 0 Å². The predicted molar refractivity (Wildman–Crippen MR) is 132 cm³/mol. The molecule has 0 bridgehead atoms. The van der Waals surface area contributed by atoms with Crippen molar-refractivity contribution in [2.24, 2.45) is 0 Å². The lowest BCUT2D eigenvalue weighted by atomic mass is 10.1. The molecule has 0 unspecified atom stereocenters. The maximum Gasteiger partial charge on any atom is 0.167 e. The van der Waals surface area contributed by atoms with E-state index < -0.39 is 0 Å². The molecule has 176 valence electrons. The summed E-state index contributed by atoms with van der Waals surface area (Å²) in [6, 6.07) is 15.4. The van der Waals surface area contributed by atoms with Crippen molar-refractivity contribution in [3.05, 3.63) is 53.7 Å². The lowest BCUT2D eigenvalue weighted by molar-refractivity contribution is 0.205. The largest absolute Gasteiger partial charge is 0.497 e. The van der Waals surface area contributed by atoms with Gasteiger partial charge in [-0.25, -0.2) is 0 Å². The Labute approximate surface area is 200 Å². The number of hydrogen-bond acceptors (Lipinski definition) is 6. The molecule has 33 heavy (non-hydrogen) atoms. The van der Waals surface area contributed by atoms with Gasteiger partial charge in [-0.1, -0.05) is 29.8 Å². The van der Waals surface area contributed by atoms with E-state index in [9.17, 15) is 5.26 Å². The van der Waals surface area contributed by atoms with Crippen LogP contribution in [0.5, 0.6) is 11.5 Å². The number of aromatic nitrogens is 1. The smallest absolute Gasteiger partial charge is 0.167 e. The highest BCUT2D eigenvalue weighted by Crippen LogP contribution is 2.30. The van der Waals surface area contributed by atoms with Crippen molar-refractivity contribution in [1.82, 2.24) is 10.1 Å². The number of rotatable bonds is 8. The standard InChI is InChI=1S/C25H27N3O3.ClH.H2O/c1-29-21-10-11-24-22(17-21)25(27-31-24)20(18-26)16-19-8-3-4-9-23(19)30-15-7-14-28-12-5-2-6-13-28;;/h3-4,8-11,16-17H,2,5-7,12-15H2,1H3;1H;1H2/b20-16+;;. The van der Waals surface area contributed by atoms with Crippen LogP contribution in [0.1, 0.15) is 36.9 Å². The first-order valence-electron chi connectivity index (χ1n) is 10.8. The zero-order valence-electron chi connectivity index (χ0n) is 18.8. The highest BCUT2D eigenvalue weighted by Gasteiger charge is 2.15. The number of para-hydroxylation sites is 1. The molecule has 1 saturated heterocycles. The second kappa shape index (κ2) is 12.9. The first-order valence-corrected chi connectivity index (χ1v) is 10.8. The molecule has 1 aliphatic rings. The van der Waals surface area contributed by atoms with Crippen LogP contribution in [0.25, 0.3) is 22.6 Å². The summed E-state index contributed by atoms with van der Waals surface area (Å²) >= 11 is 0. The molecule has 4 rings (SSSR count). The Hall–Kier alpha value is -3.05. The number of nitrogens with zero attached hydrogens (tertiary/aromatic N) is 3. The Morgan fingerprint density at radius 1 is 1.18 bits per heavy atom. The summed E-state index contributed by atoms with van der Waals surface area (Å²) in [6.07, 6.45) is 6.73. The zero-order chi connectivity index (χ0) is 21.5. The van der Waals surface area contributed by atoms with E-state index in [1.165, 1.54) is 32.4 Å². The number of fused-ring (bicyclic) bond motifs is 1. The second-order valence-corrected chi connectivity index (χ2v) is 7.71. The average Bonchev–Trinajstić information content (AvgIpc) is 3.24. The second-order valence-electron chi connectivity index (χ2n) is 7.71. The lowest BCUT2D eigenvalue weighted by Crippen LogP contribution is -2.31. The summed E-state index contributed by atoms with van der Waals surface area (Å²) < 4.78 is 16.8. The van der Waals surface area contributed by atoms with Gasteiger partial charge < -0.3 is 24.4 Å². The Balaban J connectivity index is 0.00000193. The van der Waals surface area contributed by atoms with Crippen LogP contribution >= 0.6 is 12.4 Å². The van der Waals surface area contributed by atoms with Crippen LogP contribution in [-0.2, 0) is 0 Å². The summed E-state index contributed by atoms with van der Waals surface area (Å²) in [5.74, 6) is 1.45. The van der Waals surface area contributed by atoms with Gasteiger partial charge in [0, 0.05) is 12.1 Å². The van der Waals surface area contributed by atoms with Gasteiger partial charge in [-0.2, -0.15) is 5.26 Å². The minimum atomic E-state index is 0. The molecule has 7 nitrogen and oxygen atoms in total. The molecule has 3 aromatic rings. The fourth-order valence-corrected chi connectivity index (χ4v) is 3.93. The van der Waals surface area contributed by atoms with Gasteiger partial charge in [-0.05, 0) is 62.7 Å². The number of likely N-dealkylation sites (tertiary alicyclic amines) is 1. The van der Waals surface area contributed by atoms with Crippen molar-refractivity contribution in [3.63, 3.8) is 0 Å². The van der Waals surface area contributed by atoms with Crippen molar-refractivity contribution in [2.75, 3.05) is 33.4 Å². The van der Waals surface area contributed by atoms with Crippen molar-refractivity contribution >= 4 is 35.0 Å². The minimum Gasteiger partial charge on any atom is -0.497 e. The number of nitriles is 1. The van der Waals surface area contributed by atoms with Gasteiger partial charge in [0.25, 0.3) is 0 Å². The van der Waals surface area contributed by atoms with E-state index in [4.69, 9.17) is 14.0 Å². The van der Waals surface area contributed by atoms with E-state index in [1.54, 1.807) is 25.3 Å². The first kappa shape index (κ1) is 26.2. The van der Waals surface area contributed by atoms with Crippen LogP contribution in [0, 0.1) is 11.3 Å². The van der Waals surface area contributed by atoms with Crippen LogP contribution in [0.15, 0.2) is 47.0 Å². The third-order valence-corrected chi connectivity index (χ3v) is 5.60. The van der Waals surface area contributed by atoms with Gasteiger partial charge in [0.05, 0.1) is 24.7 Å². The van der Waals surface area contributed by atoms with Gasteiger partial charge in [-0.3, -0.25) is 0 Å². The molecule has 0 atom stereocenters. The van der Waals surface area contributed by atoms with Crippen LogP contribution in [-0.4, -0.2) is 48.9 Å². The molecule has 2 aromatic carbocycles. The van der Waals surface area contributed by atoms with Crippen LogP contribution in [0.2, 0.25) is 0 Å². The van der Waals surface area contributed by atoms with E-state index in [0.717, 1.165) is 29.7 Å². The number of allylic oxidation sites excluding steroid dienone is 1. The number of methoxy groups -OCH3 is 1. The van der Waals surface area contributed by atoms with Gasteiger partial charge >= 0.3 is 0 Å². The molecule has 1 fully saturated rings. The Morgan fingerprint density at radius 2 is 1.97 bits per heavy atom. The number of ether oxygens (including phenoxy) is 2. The highest BCUT2D eigenvalue weighted by atomic mass is 35.5. The Bertz CT molecular complexity index is 1100. The summed E-state index contributed by atoms with van der Waals surface area (Å²) in [5.41, 5.74) is 2.36. The fraction of sp³-hybridized carbons (Fsp3) is 0.360. The van der Waals surface area contributed by atoms with Crippen LogP contribution in [0.4, 0.5) is 0 Å². The first-order chi connectivity index (χ1) is 15.3. The molecule has 2 N–H and O–H groups in total. The molecule has 0 aliphatic carbocycles. The highest BCUT2D eigenvalue weighted by molar-refractivity contribution is 5.99. The quantitative estimate of drug-likeness (QED) is 0.347. The summed E-state index contributed by atoms with van der Waals surface area (Å²) in [7, 11) is 1.61. The third kappa shape index (κ3) is 6.48. The normalized spacial score (nSPS) is 14.1. The SMILES string of the molecule is COc1ccc2onc(/C(C#N)=C/c3ccccc3OCCCN3CCCCC3)c2c1.Cl.O. The van der Waals surface area contributed by atoms with E-state index in [2.05, 4.69) is 16.1 Å². The average molecular weight is 472 g/mol. The molecular weight excluding hydrogens is 442 g/mol. The van der Waals surface area contributed by atoms with Crippen molar-refractivity contribution in [2.45, 2.75) is 25.7 Å². The Morgan fingerprint density at radius 3 is 2.73 bits per heavy atom. The van der Waals surface area contributed by atoms with Gasteiger partial charge in [0.15, 0.2) is 5.58 Å². The van der Waals surface area contributed by atoms with Gasteiger partial charge in [-0.15, -0.1) is 12.4 Å². The summed E-state index contributed by atoms with van der Waals surface area (Å²) in [5, 5.41) is 14.7. The van der Waals surface area contributed by atoms with Crippen molar-refractivity contribution < 1.29 is 19.5 Å². The minimum absolute atomic E-state index is 0. The molecule has 1 aliphatic heterocycles. The molecule has 0 saturated carbocycles. The molecule has 0 spiro atoms. The maximum atomic E-state index is 9.82. The number of hydrogen-bond donors (Lipinski definition) is 0. The fourth-order valence-electron chi connectivity index (χ4n) is 3.93. The molecular formula is C25H30ClN3O4. The molecule has 1 aromatic heterocycles. The van der Waals surface area contributed by atoms with Crippen LogP contribution < -0.4 is 9.47 Å². The summed E-state index contributed by atoms with van der Waals surface area (Å²) in [4.78, 5) is 2.51. The van der Waals surface area contributed by atoms with Crippen molar-refractivity contribution in [3.8, 4) is 17.6 Å². The molecule has 0 radical (unpaired) electrons. The summed E-state index contributed by atoms with van der Waals surface area (Å²) in [6.45, 7) is 4.10. The molecule has 2 heterocycles. The van der Waals surface area contributed by atoms with E-state index in [1.807, 2.05) is 30.3 Å². The van der Waals surface area contributed by atoms with Gasteiger partial charge in [0.2, 0.25) is 0 Å². The topological polar surface area (TPSA) is 103 Å². The Kier molecular flexibility index (Phi) is 10.2. The third-order valence-electron chi connectivity index (χ3n) is 5.60. The number of piperidine rings is 1. The predicted octanol–water partition coefficient (Wildman–Crippen LogP) is 4.75.